The Bertz CT molecular complexity index is 3090. The lowest BCUT2D eigenvalue weighted by molar-refractivity contribution is -0.137. The van der Waals surface area contributed by atoms with Gasteiger partial charge in [0.2, 0.25) is 0 Å². The average molecular weight is 863 g/mol. The number of thiophene rings is 1. The van der Waals surface area contributed by atoms with E-state index in [4.69, 9.17) is 4.99 Å². The van der Waals surface area contributed by atoms with Crippen molar-refractivity contribution in [1.82, 2.24) is 24.6 Å². The number of nitriles is 1. The minimum atomic E-state index is -3.90. The van der Waals surface area contributed by atoms with Crippen LogP contribution in [-0.4, -0.2) is 68.9 Å². The Labute approximate surface area is 362 Å². The van der Waals surface area contributed by atoms with Gasteiger partial charge in [0.05, 0.1) is 33.8 Å². The van der Waals surface area contributed by atoms with Crippen molar-refractivity contribution in [3.05, 3.63) is 147 Å². The molecule has 1 amide bonds. The second-order valence-corrected chi connectivity index (χ2v) is 18.8. The number of carbonyl (C=O) groups excluding carboxylic acids is 1. The molecule has 9 rings (SSSR count). The molecule has 0 bridgehead atoms. The number of likely N-dealkylation sites (tertiary alicyclic amines) is 1. The van der Waals surface area contributed by atoms with E-state index >= 15 is 0 Å². The van der Waals surface area contributed by atoms with E-state index in [1.54, 1.807) is 41.8 Å². The minimum Gasteiger partial charge on any atom is -0.481 e. The van der Waals surface area contributed by atoms with Gasteiger partial charge in [0.25, 0.3) is 15.9 Å². The molecular weight excluding hydrogens is 821 g/mol. The number of hydrogen-bond acceptors (Lipinski definition) is 9. The number of carbonyl (C=O) groups is 2. The molecule has 2 aliphatic heterocycles. The molecule has 1 fully saturated rings. The first-order chi connectivity index (χ1) is 29.8. The van der Waals surface area contributed by atoms with Gasteiger partial charge < -0.3 is 15.0 Å². The summed E-state index contributed by atoms with van der Waals surface area (Å²) >= 11 is 1.62. The molecule has 312 valence electrons. The SMILES string of the molecule is Cc1sc2c(c1C)C(c1ccc(-c3ccc(C(=O)N4CCC(c5ccc(S(=O)(=O)Nc6ccc(C)c7c(C#N)c[nH]c67)cc5)CC4)cc3)cc1)=N[C@@H](CC(=O)O)c1nnc(C)n1-2. The smallest absolute Gasteiger partial charge is 0.306 e. The summed E-state index contributed by atoms with van der Waals surface area (Å²) in [5.74, 6) is 0.387. The number of H-pyrrole nitrogens is 1. The Morgan fingerprint density at radius 2 is 1.56 bits per heavy atom. The number of nitrogens with zero attached hydrogens (tertiary/aromatic N) is 6. The number of piperidine rings is 1. The Balaban J connectivity index is 0.852. The second kappa shape index (κ2) is 15.9. The van der Waals surface area contributed by atoms with Crippen LogP contribution in [0.15, 0.2) is 101 Å². The summed E-state index contributed by atoms with van der Waals surface area (Å²) in [4.78, 5) is 36.8. The zero-order valence-corrected chi connectivity index (χ0v) is 36.1. The number of aromatic nitrogens is 4. The molecule has 2 aliphatic rings. The van der Waals surface area contributed by atoms with E-state index in [0.29, 0.717) is 52.5 Å². The lowest BCUT2D eigenvalue weighted by Crippen LogP contribution is -2.37. The van der Waals surface area contributed by atoms with Gasteiger partial charge >= 0.3 is 5.97 Å². The van der Waals surface area contributed by atoms with Gasteiger partial charge in [-0.3, -0.25) is 23.9 Å². The number of benzene rings is 4. The Morgan fingerprint density at radius 1 is 0.903 bits per heavy atom. The predicted molar refractivity (Wildman–Crippen MR) is 239 cm³/mol. The zero-order chi connectivity index (χ0) is 43.4. The van der Waals surface area contributed by atoms with Crippen LogP contribution in [0.3, 0.4) is 0 Å². The van der Waals surface area contributed by atoms with Gasteiger partial charge in [0.15, 0.2) is 5.82 Å². The number of amides is 1. The number of fused-ring (bicyclic) bond motifs is 4. The molecule has 4 aromatic carbocycles. The van der Waals surface area contributed by atoms with E-state index in [9.17, 15) is 28.4 Å². The number of aliphatic imine (C=N–C) groups is 1. The van der Waals surface area contributed by atoms with Crippen LogP contribution in [0.5, 0.6) is 0 Å². The standard InChI is InChI=1S/C47H42N8O5S2/c1-26-5-18-38(44-41(26)36(24-48)25-49-44)53-62(59,60)37-16-14-32(15-17-37)33-19-21-54(22-20-33)46(58)35-12-8-31(9-13-35)30-6-10-34(11-7-30)43-42-27(2)28(3)61-47(42)55-29(4)51-52-45(55)39(50-43)23-40(56)57/h5-18,25,33,39,49,53H,19-23H2,1-4H3,(H,56,57)/t39-/m0/s1. The van der Waals surface area contributed by atoms with E-state index in [2.05, 4.69) is 39.8 Å². The lowest BCUT2D eigenvalue weighted by atomic mass is 9.89. The van der Waals surface area contributed by atoms with Crippen LogP contribution in [-0.2, 0) is 14.8 Å². The molecule has 15 heteroatoms. The van der Waals surface area contributed by atoms with Crippen LogP contribution in [0.2, 0.25) is 0 Å². The highest BCUT2D eigenvalue weighted by atomic mass is 32.2. The van der Waals surface area contributed by atoms with Crippen molar-refractivity contribution in [1.29, 1.82) is 5.26 Å². The number of rotatable bonds is 9. The number of hydrogen-bond donors (Lipinski definition) is 3. The van der Waals surface area contributed by atoms with Crippen molar-refractivity contribution in [2.45, 2.75) is 63.8 Å². The first-order valence-electron chi connectivity index (χ1n) is 20.3. The van der Waals surface area contributed by atoms with Crippen molar-refractivity contribution < 1.29 is 23.1 Å². The first kappa shape index (κ1) is 40.5. The molecule has 3 N–H and O–H groups in total. The maximum absolute atomic E-state index is 13.6. The molecule has 5 heterocycles. The topological polar surface area (TPSA) is 186 Å². The quantitative estimate of drug-likeness (QED) is 0.129. The molecule has 13 nitrogen and oxygen atoms in total. The number of nitrogens with one attached hydrogen (secondary N) is 2. The Morgan fingerprint density at radius 3 is 2.23 bits per heavy atom. The van der Waals surface area contributed by atoms with E-state index in [1.165, 1.54) is 0 Å². The van der Waals surface area contributed by atoms with Crippen LogP contribution in [0, 0.1) is 39.0 Å². The highest BCUT2D eigenvalue weighted by Crippen LogP contribution is 2.40. The third kappa shape index (κ3) is 7.24. The molecule has 0 spiro atoms. The van der Waals surface area contributed by atoms with Crippen molar-refractivity contribution in [2.75, 3.05) is 17.8 Å². The van der Waals surface area contributed by atoms with Crippen molar-refractivity contribution >= 4 is 55.5 Å². The van der Waals surface area contributed by atoms with Crippen LogP contribution in [0.1, 0.15) is 91.5 Å². The number of sulfonamides is 1. The van der Waals surface area contributed by atoms with E-state index in [1.807, 2.05) is 84.0 Å². The molecule has 7 aromatic rings. The van der Waals surface area contributed by atoms with E-state index in [-0.39, 0.29) is 23.1 Å². The van der Waals surface area contributed by atoms with Gasteiger partial charge in [0, 0.05) is 46.2 Å². The first-order valence-corrected chi connectivity index (χ1v) is 22.6. The number of carboxylic acids is 1. The fraction of sp³-hybridized carbons (Fsp3) is 0.234. The summed E-state index contributed by atoms with van der Waals surface area (Å²) in [7, 11) is -3.90. The van der Waals surface area contributed by atoms with E-state index in [0.717, 1.165) is 67.4 Å². The molecule has 1 saturated heterocycles. The summed E-state index contributed by atoms with van der Waals surface area (Å²) < 4.78 is 31.4. The predicted octanol–water partition coefficient (Wildman–Crippen LogP) is 8.77. The van der Waals surface area contributed by atoms with Gasteiger partial charge in [-0.2, -0.15) is 5.26 Å². The molecular formula is C47H42N8O5S2. The largest absolute Gasteiger partial charge is 0.481 e. The lowest BCUT2D eigenvalue weighted by Gasteiger charge is -2.32. The summed E-state index contributed by atoms with van der Waals surface area (Å²) in [6.45, 7) is 9.04. The number of carboxylic acid groups (broad SMARTS) is 1. The maximum atomic E-state index is 13.6. The molecule has 3 aromatic heterocycles. The van der Waals surface area contributed by atoms with Crippen LogP contribution >= 0.6 is 11.3 Å². The molecule has 1 atom stereocenters. The van der Waals surface area contributed by atoms with Gasteiger partial charge in [-0.1, -0.05) is 54.6 Å². The van der Waals surface area contributed by atoms with Crippen molar-refractivity contribution in [3.63, 3.8) is 0 Å². The number of aliphatic carboxylic acids is 1. The van der Waals surface area contributed by atoms with Gasteiger partial charge in [-0.05, 0) is 105 Å². The molecule has 62 heavy (non-hydrogen) atoms. The van der Waals surface area contributed by atoms with Crippen molar-refractivity contribution in [2.24, 2.45) is 4.99 Å². The monoisotopic (exact) mass is 862 g/mol. The second-order valence-electron chi connectivity index (χ2n) is 15.9. The number of aromatic amines is 1. The fourth-order valence-electron chi connectivity index (χ4n) is 8.63. The highest BCUT2D eigenvalue weighted by Gasteiger charge is 2.33. The average Bonchev–Trinajstić information content (AvgIpc) is 3.95. The van der Waals surface area contributed by atoms with Crippen LogP contribution in [0.4, 0.5) is 5.69 Å². The van der Waals surface area contributed by atoms with Gasteiger partial charge in [0.1, 0.15) is 22.9 Å². The molecule has 0 saturated carbocycles. The number of aryl methyl sites for hydroxylation is 3. The summed E-state index contributed by atoms with van der Waals surface area (Å²) in [6, 6.07) is 27.5. The molecule has 0 radical (unpaired) electrons. The third-order valence-electron chi connectivity index (χ3n) is 12.1. The zero-order valence-electron chi connectivity index (χ0n) is 34.4. The minimum absolute atomic E-state index is 0.0306. The molecule has 0 aliphatic carbocycles. The highest BCUT2D eigenvalue weighted by molar-refractivity contribution is 7.92. The normalized spacial score (nSPS) is 15.4. The summed E-state index contributed by atoms with van der Waals surface area (Å²) in [5, 5.41) is 29.5. The Hall–Kier alpha value is -6.89. The fourth-order valence-corrected chi connectivity index (χ4v) is 10.9. The van der Waals surface area contributed by atoms with Gasteiger partial charge in [-0.25, -0.2) is 8.42 Å². The molecule has 0 unspecified atom stereocenters. The maximum Gasteiger partial charge on any atom is 0.306 e. The summed E-state index contributed by atoms with van der Waals surface area (Å²) in [5.41, 5.74) is 9.45. The van der Waals surface area contributed by atoms with Crippen molar-refractivity contribution in [3.8, 4) is 22.2 Å². The third-order valence-corrected chi connectivity index (χ3v) is 14.7. The number of anilines is 1. The van der Waals surface area contributed by atoms with Crippen LogP contribution in [0.25, 0.3) is 27.0 Å². The van der Waals surface area contributed by atoms with E-state index < -0.39 is 22.0 Å². The van der Waals surface area contributed by atoms with Crippen LogP contribution < -0.4 is 4.72 Å². The van der Waals surface area contributed by atoms with Gasteiger partial charge in [-0.15, -0.1) is 21.5 Å². The summed E-state index contributed by atoms with van der Waals surface area (Å²) in [6.07, 6.45) is 2.88. The Kier molecular flexibility index (Phi) is 10.4.